The van der Waals surface area contributed by atoms with E-state index in [0.717, 1.165) is 11.1 Å². The second kappa shape index (κ2) is 6.53. The van der Waals surface area contributed by atoms with Crippen LogP contribution in [-0.4, -0.2) is 25.0 Å². The van der Waals surface area contributed by atoms with Gasteiger partial charge in [0.15, 0.2) is 6.61 Å². The minimum absolute atomic E-state index is 0.0697. The zero-order valence-electron chi connectivity index (χ0n) is 13.4. The van der Waals surface area contributed by atoms with Crippen LogP contribution in [-0.2, 0) is 9.59 Å². The fourth-order valence-electron chi connectivity index (χ4n) is 2.50. The van der Waals surface area contributed by atoms with E-state index < -0.39 is 0 Å². The molecular weight excluding hydrogens is 328 g/mol. The second-order valence-electron chi connectivity index (χ2n) is 5.75. The summed E-state index contributed by atoms with van der Waals surface area (Å²) in [7, 11) is 0. The van der Waals surface area contributed by atoms with E-state index in [2.05, 4.69) is 5.32 Å². The maximum absolute atomic E-state index is 12.3. The molecule has 2 aromatic rings. The molecule has 6 heteroatoms. The van der Waals surface area contributed by atoms with E-state index in [1.165, 1.54) is 4.90 Å². The summed E-state index contributed by atoms with van der Waals surface area (Å²) in [4.78, 5) is 25.9. The van der Waals surface area contributed by atoms with E-state index in [-0.39, 0.29) is 25.0 Å². The molecule has 0 unspecified atom stereocenters. The van der Waals surface area contributed by atoms with Gasteiger partial charge in [-0.1, -0.05) is 23.7 Å². The minimum Gasteiger partial charge on any atom is -0.482 e. The molecule has 1 aliphatic heterocycles. The average molecular weight is 345 g/mol. The van der Waals surface area contributed by atoms with Crippen LogP contribution in [0.4, 0.5) is 11.4 Å². The van der Waals surface area contributed by atoms with Crippen molar-refractivity contribution in [2.75, 3.05) is 23.4 Å². The predicted molar refractivity (Wildman–Crippen MR) is 93.8 cm³/mol. The molecule has 0 aromatic heterocycles. The Morgan fingerprint density at radius 2 is 2.04 bits per heavy atom. The number of ether oxygens (including phenoxy) is 1. The highest BCUT2D eigenvalue weighted by Gasteiger charge is 2.27. The van der Waals surface area contributed by atoms with Gasteiger partial charge < -0.3 is 10.1 Å². The van der Waals surface area contributed by atoms with Crippen molar-refractivity contribution in [3.63, 3.8) is 0 Å². The third-order valence-corrected chi connectivity index (χ3v) is 4.22. The fraction of sp³-hybridized carbons (Fsp3) is 0.222. The number of hydrogen-bond donors (Lipinski definition) is 1. The number of nitrogens with one attached hydrogen (secondary N) is 1. The number of carbonyl (C=O) groups is 2. The monoisotopic (exact) mass is 344 g/mol. The molecule has 2 aromatic carbocycles. The van der Waals surface area contributed by atoms with Gasteiger partial charge in [0, 0.05) is 10.7 Å². The van der Waals surface area contributed by atoms with Crippen LogP contribution in [0.15, 0.2) is 36.4 Å². The van der Waals surface area contributed by atoms with Gasteiger partial charge in [-0.25, -0.2) is 0 Å². The largest absolute Gasteiger partial charge is 0.482 e. The molecule has 124 valence electrons. The minimum atomic E-state index is -0.294. The lowest BCUT2D eigenvalue weighted by atomic mass is 10.1. The molecule has 1 N–H and O–H groups in total. The van der Waals surface area contributed by atoms with Crippen LogP contribution >= 0.6 is 11.6 Å². The number of aryl methyl sites for hydroxylation is 2. The van der Waals surface area contributed by atoms with Crippen LogP contribution in [0.5, 0.6) is 5.75 Å². The molecule has 24 heavy (non-hydrogen) atoms. The summed E-state index contributed by atoms with van der Waals surface area (Å²) in [5.41, 5.74) is 3.13. The summed E-state index contributed by atoms with van der Waals surface area (Å²) in [5.74, 6) is 0.0641. The van der Waals surface area contributed by atoms with Crippen molar-refractivity contribution in [2.24, 2.45) is 0 Å². The zero-order chi connectivity index (χ0) is 17.3. The van der Waals surface area contributed by atoms with Crippen molar-refractivity contribution < 1.29 is 14.3 Å². The summed E-state index contributed by atoms with van der Waals surface area (Å²) in [6.45, 7) is 3.66. The van der Waals surface area contributed by atoms with Crippen LogP contribution in [0, 0.1) is 13.8 Å². The van der Waals surface area contributed by atoms with Gasteiger partial charge in [-0.2, -0.15) is 0 Å². The van der Waals surface area contributed by atoms with Crippen LogP contribution in [0.25, 0.3) is 0 Å². The molecule has 2 amide bonds. The van der Waals surface area contributed by atoms with Gasteiger partial charge in [0.05, 0.1) is 5.69 Å². The standard InChI is InChI=1S/C18H17ClN2O3/c1-11-3-6-16-15(7-11)21(18(23)10-24-16)9-17(22)20-13-5-4-12(2)14(19)8-13/h3-8H,9-10H2,1-2H3,(H,20,22). The number of fused-ring (bicyclic) bond motifs is 1. The Kier molecular flexibility index (Phi) is 4.44. The molecule has 0 bridgehead atoms. The SMILES string of the molecule is Cc1ccc2c(c1)N(CC(=O)Nc1ccc(C)c(Cl)c1)C(=O)CO2. The van der Waals surface area contributed by atoms with Gasteiger partial charge in [-0.05, 0) is 49.2 Å². The molecule has 1 aliphatic rings. The van der Waals surface area contributed by atoms with E-state index in [0.29, 0.717) is 22.1 Å². The first-order chi connectivity index (χ1) is 11.4. The lowest BCUT2D eigenvalue weighted by molar-refractivity contribution is -0.123. The first-order valence-corrected chi connectivity index (χ1v) is 7.91. The molecule has 3 rings (SSSR count). The third kappa shape index (κ3) is 3.36. The fourth-order valence-corrected chi connectivity index (χ4v) is 2.68. The van der Waals surface area contributed by atoms with Gasteiger partial charge in [0.25, 0.3) is 5.91 Å². The predicted octanol–water partition coefficient (Wildman–Crippen LogP) is 3.32. The van der Waals surface area contributed by atoms with Gasteiger partial charge in [-0.3, -0.25) is 14.5 Å². The molecule has 0 fully saturated rings. The van der Waals surface area contributed by atoms with Crippen LogP contribution in [0.3, 0.4) is 0 Å². The third-order valence-electron chi connectivity index (χ3n) is 3.81. The zero-order valence-corrected chi connectivity index (χ0v) is 14.2. The molecule has 0 saturated carbocycles. The lowest BCUT2D eigenvalue weighted by Crippen LogP contribution is -2.43. The lowest BCUT2D eigenvalue weighted by Gasteiger charge is -2.29. The van der Waals surface area contributed by atoms with Crippen molar-refractivity contribution >= 4 is 34.8 Å². The summed E-state index contributed by atoms with van der Waals surface area (Å²) < 4.78 is 5.41. The summed E-state index contributed by atoms with van der Waals surface area (Å²) >= 11 is 6.06. The summed E-state index contributed by atoms with van der Waals surface area (Å²) in [6.07, 6.45) is 0. The number of hydrogen-bond acceptors (Lipinski definition) is 3. The number of nitrogens with zero attached hydrogens (tertiary/aromatic N) is 1. The van der Waals surface area contributed by atoms with Crippen LogP contribution in [0.2, 0.25) is 5.02 Å². The van der Waals surface area contributed by atoms with Gasteiger partial charge in [0.2, 0.25) is 5.91 Å². The number of benzene rings is 2. The molecule has 0 aliphatic carbocycles. The Balaban J connectivity index is 1.77. The van der Waals surface area contributed by atoms with E-state index in [9.17, 15) is 9.59 Å². The molecule has 5 nitrogen and oxygen atoms in total. The van der Waals surface area contributed by atoms with Crippen molar-refractivity contribution in [2.45, 2.75) is 13.8 Å². The molecule has 0 atom stereocenters. The van der Waals surface area contributed by atoms with E-state index in [4.69, 9.17) is 16.3 Å². The Morgan fingerprint density at radius 1 is 1.25 bits per heavy atom. The number of rotatable bonds is 3. The second-order valence-corrected chi connectivity index (χ2v) is 6.16. The van der Waals surface area contributed by atoms with Crippen molar-refractivity contribution in [3.8, 4) is 5.75 Å². The Bertz CT molecular complexity index is 820. The average Bonchev–Trinajstić information content (AvgIpc) is 2.54. The maximum Gasteiger partial charge on any atom is 0.265 e. The first-order valence-electron chi connectivity index (χ1n) is 7.54. The molecule has 1 heterocycles. The van der Waals surface area contributed by atoms with Gasteiger partial charge in [0.1, 0.15) is 12.3 Å². The Labute approximate surface area is 145 Å². The Morgan fingerprint density at radius 3 is 2.79 bits per heavy atom. The highest BCUT2D eigenvalue weighted by Crippen LogP contribution is 2.32. The number of halogens is 1. The van der Waals surface area contributed by atoms with Crippen molar-refractivity contribution in [3.05, 3.63) is 52.5 Å². The normalized spacial score (nSPS) is 13.3. The summed E-state index contributed by atoms with van der Waals surface area (Å²) in [6, 6.07) is 10.8. The quantitative estimate of drug-likeness (QED) is 0.929. The number of carbonyl (C=O) groups excluding carboxylic acids is 2. The van der Waals surface area contributed by atoms with E-state index in [1.807, 2.05) is 38.1 Å². The van der Waals surface area contributed by atoms with E-state index >= 15 is 0 Å². The smallest absolute Gasteiger partial charge is 0.265 e. The number of anilines is 2. The van der Waals surface area contributed by atoms with E-state index in [1.54, 1.807) is 12.1 Å². The van der Waals surface area contributed by atoms with Gasteiger partial charge >= 0.3 is 0 Å². The first kappa shape index (κ1) is 16.3. The van der Waals surface area contributed by atoms with Crippen LogP contribution < -0.4 is 15.0 Å². The highest BCUT2D eigenvalue weighted by atomic mass is 35.5. The number of amides is 2. The van der Waals surface area contributed by atoms with Crippen molar-refractivity contribution in [1.29, 1.82) is 0 Å². The molecule has 0 spiro atoms. The Hall–Kier alpha value is -2.53. The summed E-state index contributed by atoms with van der Waals surface area (Å²) in [5, 5.41) is 3.34. The molecule has 0 radical (unpaired) electrons. The topological polar surface area (TPSA) is 58.6 Å². The highest BCUT2D eigenvalue weighted by molar-refractivity contribution is 6.31. The molecule has 0 saturated heterocycles. The van der Waals surface area contributed by atoms with Gasteiger partial charge in [-0.15, -0.1) is 0 Å². The maximum atomic E-state index is 12.3. The van der Waals surface area contributed by atoms with Crippen LogP contribution in [0.1, 0.15) is 11.1 Å². The molecular formula is C18H17ClN2O3. The van der Waals surface area contributed by atoms with Crippen molar-refractivity contribution in [1.82, 2.24) is 0 Å².